The monoisotopic (exact) mass is 330 g/mol. The number of hydrogen-bond acceptors (Lipinski definition) is 2. The number of fused-ring (bicyclic) bond motifs is 5. The second-order valence-corrected chi connectivity index (χ2v) is 9.98. The van der Waals surface area contributed by atoms with Crippen molar-refractivity contribution in [3.8, 4) is 0 Å². The van der Waals surface area contributed by atoms with Crippen molar-refractivity contribution < 1.29 is 4.74 Å². The largest absolute Gasteiger partial charge is 0.363 e. The molecule has 1 heterocycles. The maximum absolute atomic E-state index is 6.67. The highest BCUT2D eigenvalue weighted by atomic mass is 32.2. The smallest absolute Gasteiger partial charge is 0.104 e. The summed E-state index contributed by atoms with van der Waals surface area (Å²) in [6, 6.07) is 11.0. The van der Waals surface area contributed by atoms with Crippen LogP contribution in [0.15, 0.2) is 30.3 Å². The average Bonchev–Trinajstić information content (AvgIpc) is 3.11. The Morgan fingerprint density at radius 3 is 2.61 bits per heavy atom. The van der Waals surface area contributed by atoms with Crippen LogP contribution in [-0.2, 0) is 4.74 Å². The lowest BCUT2D eigenvalue weighted by Crippen LogP contribution is -2.37. The predicted molar refractivity (Wildman–Crippen MR) is 98.4 cm³/mol. The van der Waals surface area contributed by atoms with Gasteiger partial charge in [0.2, 0.25) is 0 Å². The van der Waals surface area contributed by atoms with Crippen LogP contribution in [0.2, 0.25) is 0 Å². The summed E-state index contributed by atoms with van der Waals surface area (Å²) in [6.07, 6.45) is 5.72. The number of benzene rings is 1. The maximum Gasteiger partial charge on any atom is 0.104 e. The molecule has 0 amide bonds. The summed E-state index contributed by atoms with van der Waals surface area (Å²) in [6.45, 7) is 9.79. The van der Waals surface area contributed by atoms with Gasteiger partial charge in [0.25, 0.3) is 0 Å². The molecule has 3 aliphatic rings. The lowest BCUT2D eigenvalue weighted by atomic mass is 9.70. The molecular weight excluding hydrogens is 300 g/mol. The van der Waals surface area contributed by atoms with Gasteiger partial charge < -0.3 is 4.74 Å². The minimum atomic E-state index is 0.395. The van der Waals surface area contributed by atoms with Crippen LogP contribution in [-0.4, -0.2) is 11.5 Å². The van der Waals surface area contributed by atoms with Crippen molar-refractivity contribution in [1.82, 2.24) is 0 Å². The molecule has 0 radical (unpaired) electrons. The number of thioether (sulfide) groups is 1. The van der Waals surface area contributed by atoms with Gasteiger partial charge in [-0.25, -0.2) is 0 Å². The second kappa shape index (κ2) is 5.52. The first-order valence-corrected chi connectivity index (χ1v) is 10.3. The first-order chi connectivity index (χ1) is 11.0. The Bertz CT molecular complexity index is 568. The van der Waals surface area contributed by atoms with E-state index in [4.69, 9.17) is 4.74 Å². The van der Waals surface area contributed by atoms with Crippen molar-refractivity contribution in [1.29, 1.82) is 0 Å². The van der Waals surface area contributed by atoms with Gasteiger partial charge in [0, 0.05) is 5.25 Å². The van der Waals surface area contributed by atoms with Crippen LogP contribution in [0.1, 0.15) is 64.2 Å². The molecule has 0 aromatic heterocycles. The number of ether oxygens (including phenoxy) is 1. The van der Waals surface area contributed by atoms with E-state index in [9.17, 15) is 0 Å². The molecule has 4 rings (SSSR count). The van der Waals surface area contributed by atoms with Crippen LogP contribution in [0, 0.1) is 22.7 Å². The van der Waals surface area contributed by atoms with Gasteiger partial charge >= 0.3 is 0 Å². The highest BCUT2D eigenvalue weighted by Gasteiger charge is 2.68. The average molecular weight is 331 g/mol. The summed E-state index contributed by atoms with van der Waals surface area (Å²) in [5.41, 5.74) is 2.70. The van der Waals surface area contributed by atoms with Crippen LogP contribution in [0.4, 0.5) is 0 Å². The first-order valence-electron chi connectivity index (χ1n) is 9.33. The van der Waals surface area contributed by atoms with Gasteiger partial charge in [0.15, 0.2) is 0 Å². The Morgan fingerprint density at radius 1 is 1.22 bits per heavy atom. The highest BCUT2D eigenvalue weighted by molar-refractivity contribution is 8.00. The van der Waals surface area contributed by atoms with Crippen LogP contribution in [0.5, 0.6) is 0 Å². The lowest BCUT2D eigenvalue weighted by Gasteiger charge is -2.39. The third-order valence-electron chi connectivity index (χ3n) is 7.53. The minimum absolute atomic E-state index is 0.395. The van der Waals surface area contributed by atoms with E-state index >= 15 is 0 Å². The predicted octanol–water partition coefficient (Wildman–Crippen LogP) is 6.06. The third kappa shape index (κ3) is 2.24. The molecular formula is C21H30OS. The van der Waals surface area contributed by atoms with Crippen molar-refractivity contribution in [2.75, 3.05) is 0 Å². The van der Waals surface area contributed by atoms with Crippen molar-refractivity contribution in [2.24, 2.45) is 22.7 Å². The summed E-state index contributed by atoms with van der Waals surface area (Å²) in [5, 5.41) is 0.568. The fourth-order valence-corrected chi connectivity index (χ4v) is 7.22. The van der Waals surface area contributed by atoms with Gasteiger partial charge in [0.1, 0.15) is 5.44 Å². The molecule has 2 bridgehead atoms. The van der Waals surface area contributed by atoms with Gasteiger partial charge in [-0.1, -0.05) is 58.0 Å². The molecule has 126 valence electrons. The van der Waals surface area contributed by atoms with E-state index in [1.54, 1.807) is 0 Å². The van der Waals surface area contributed by atoms with E-state index in [1.165, 1.54) is 31.2 Å². The zero-order chi connectivity index (χ0) is 16.2. The first kappa shape index (κ1) is 16.0. The summed E-state index contributed by atoms with van der Waals surface area (Å²) in [5.74, 6) is 1.68. The molecule has 1 aromatic rings. The summed E-state index contributed by atoms with van der Waals surface area (Å²) in [4.78, 5) is 0. The number of hydrogen-bond donors (Lipinski definition) is 0. The van der Waals surface area contributed by atoms with Gasteiger partial charge in [0.05, 0.1) is 6.10 Å². The van der Waals surface area contributed by atoms with E-state index < -0.39 is 0 Å². The SMILES string of the molecule is CC[C@@H](S[C@H]1C[C@@H]2[C@H]3CC[C@@](C)([C@@H]2O1)C3(C)C)c1ccccc1. The highest BCUT2D eigenvalue weighted by Crippen LogP contribution is 2.71. The molecule has 1 saturated heterocycles. The Labute approximate surface area is 145 Å². The van der Waals surface area contributed by atoms with E-state index in [2.05, 4.69) is 69.8 Å². The molecule has 0 unspecified atom stereocenters. The minimum Gasteiger partial charge on any atom is -0.363 e. The van der Waals surface area contributed by atoms with Crippen molar-refractivity contribution >= 4 is 11.8 Å². The van der Waals surface area contributed by atoms with E-state index in [-0.39, 0.29) is 0 Å². The molecule has 1 aliphatic heterocycles. The van der Waals surface area contributed by atoms with E-state index in [0.717, 1.165) is 11.8 Å². The second-order valence-electron chi connectivity index (χ2n) is 8.61. The molecule has 6 atom stereocenters. The summed E-state index contributed by atoms with van der Waals surface area (Å²) in [7, 11) is 0. The molecule has 2 aliphatic carbocycles. The molecule has 0 N–H and O–H groups in total. The van der Waals surface area contributed by atoms with Crippen molar-refractivity contribution in [3.63, 3.8) is 0 Å². The molecule has 2 saturated carbocycles. The van der Waals surface area contributed by atoms with Gasteiger partial charge in [-0.15, -0.1) is 11.8 Å². The van der Waals surface area contributed by atoms with Gasteiger partial charge in [-0.05, 0) is 53.9 Å². The Balaban J connectivity index is 1.48. The quantitative estimate of drug-likeness (QED) is 0.664. The fourth-order valence-electron chi connectivity index (χ4n) is 5.83. The zero-order valence-electron chi connectivity index (χ0n) is 14.9. The zero-order valence-corrected chi connectivity index (χ0v) is 15.7. The van der Waals surface area contributed by atoms with Crippen molar-refractivity contribution in [3.05, 3.63) is 35.9 Å². The maximum atomic E-state index is 6.67. The molecule has 1 nitrogen and oxygen atoms in total. The van der Waals surface area contributed by atoms with Crippen LogP contribution in [0.3, 0.4) is 0 Å². The van der Waals surface area contributed by atoms with E-state index in [0.29, 0.717) is 27.6 Å². The van der Waals surface area contributed by atoms with E-state index in [1.807, 2.05) is 0 Å². The van der Waals surface area contributed by atoms with Crippen LogP contribution in [0.25, 0.3) is 0 Å². The third-order valence-corrected chi connectivity index (χ3v) is 9.07. The topological polar surface area (TPSA) is 9.23 Å². The molecule has 0 spiro atoms. The van der Waals surface area contributed by atoms with Gasteiger partial charge in [-0.3, -0.25) is 0 Å². The van der Waals surface area contributed by atoms with Crippen LogP contribution < -0.4 is 0 Å². The molecule has 1 aromatic carbocycles. The standard InChI is InChI=1S/C21H30OS/c1-5-17(14-9-7-6-8-10-14)23-18-13-15-16-11-12-21(4,19(15)22-18)20(16,2)3/h6-10,15-19H,5,11-13H2,1-4H3/t15-,16-,17-,18+,19-,21+/m1/s1. The number of rotatable bonds is 4. The normalized spacial score (nSPS) is 41.9. The Kier molecular flexibility index (Phi) is 3.85. The van der Waals surface area contributed by atoms with Crippen molar-refractivity contribution in [2.45, 2.75) is 70.2 Å². The summed E-state index contributed by atoms with van der Waals surface area (Å²) < 4.78 is 6.67. The molecule has 23 heavy (non-hydrogen) atoms. The van der Waals surface area contributed by atoms with Crippen LogP contribution >= 0.6 is 11.8 Å². The molecule has 3 fully saturated rings. The lowest BCUT2D eigenvalue weighted by molar-refractivity contribution is -0.0319. The fraction of sp³-hybridized carbons (Fsp3) is 0.714. The summed E-state index contributed by atoms with van der Waals surface area (Å²) >= 11 is 2.07. The molecule has 2 heteroatoms. The Hall–Kier alpha value is -0.470. The Morgan fingerprint density at radius 2 is 1.96 bits per heavy atom. The van der Waals surface area contributed by atoms with Gasteiger partial charge in [-0.2, -0.15) is 0 Å².